The molecule has 0 aliphatic heterocycles. The molecule has 0 spiro atoms. The van der Waals surface area contributed by atoms with Crippen molar-refractivity contribution in [3.8, 4) is 11.5 Å². The molecule has 3 saturated carbocycles. The fourth-order valence-corrected chi connectivity index (χ4v) is 12.3. The Morgan fingerprint density at radius 1 is 0.672 bits per heavy atom. The van der Waals surface area contributed by atoms with Gasteiger partial charge in [-0.1, -0.05) is 122 Å². The highest BCUT2D eigenvalue weighted by Crippen LogP contribution is 2.64. The Morgan fingerprint density at radius 2 is 1.24 bits per heavy atom. The number of hydrogen-bond donors (Lipinski definition) is 2. The third-order valence-corrected chi connectivity index (χ3v) is 15.5. The monoisotopic (exact) mass is 783 g/mol. The van der Waals surface area contributed by atoms with Crippen molar-refractivity contribution in [2.24, 2.45) is 46.8 Å². The molecule has 3 fully saturated rings. The number of rotatable bonds is 18. The van der Waals surface area contributed by atoms with E-state index in [-0.39, 0.29) is 5.41 Å². The first-order chi connectivity index (χ1) is 28.1. The molecule has 3 aliphatic rings. The Hall–Kier alpha value is -3.92. The second kappa shape index (κ2) is 19.0. The third kappa shape index (κ3) is 9.75. The molecule has 58 heavy (non-hydrogen) atoms. The SMILES string of the molecule is CCCCC(CC1CCC2C(CCC3(C)C(C(C)CCCC(C)C)CCC23)C1)(c1ccc(OCc2ccc(N)cc2)cc1)c1ccc(OCc2ccc(N)cc2)cc1. The van der Waals surface area contributed by atoms with Crippen molar-refractivity contribution in [2.75, 3.05) is 11.5 Å². The first-order valence-corrected chi connectivity index (χ1v) is 23.2. The Morgan fingerprint density at radius 3 is 1.78 bits per heavy atom. The minimum absolute atomic E-state index is 0.0778. The summed E-state index contributed by atoms with van der Waals surface area (Å²) >= 11 is 0. The fourth-order valence-electron chi connectivity index (χ4n) is 12.3. The van der Waals surface area contributed by atoms with E-state index in [1.807, 2.05) is 48.5 Å². The second-order valence-electron chi connectivity index (χ2n) is 19.7. The zero-order valence-electron chi connectivity index (χ0n) is 36.6. The van der Waals surface area contributed by atoms with Gasteiger partial charge in [0.25, 0.3) is 0 Å². The van der Waals surface area contributed by atoms with E-state index >= 15 is 0 Å². The minimum atomic E-state index is -0.0778. The van der Waals surface area contributed by atoms with Crippen molar-refractivity contribution in [1.29, 1.82) is 0 Å². The number of nitrogen functional groups attached to an aromatic ring is 2. The lowest BCUT2D eigenvalue weighted by Crippen LogP contribution is -2.45. The maximum Gasteiger partial charge on any atom is 0.119 e. The molecule has 7 unspecified atom stereocenters. The molecular formula is C54H74N2O2. The van der Waals surface area contributed by atoms with Crippen LogP contribution in [0.4, 0.5) is 11.4 Å². The van der Waals surface area contributed by atoms with Gasteiger partial charge in [-0.15, -0.1) is 0 Å². The second-order valence-corrected chi connectivity index (χ2v) is 19.7. The summed E-state index contributed by atoms with van der Waals surface area (Å²) in [5.74, 6) is 7.87. The molecule has 4 aromatic rings. The van der Waals surface area contributed by atoms with Gasteiger partial charge in [0.1, 0.15) is 24.7 Å². The topological polar surface area (TPSA) is 70.5 Å². The van der Waals surface area contributed by atoms with Crippen LogP contribution in [0.2, 0.25) is 0 Å². The van der Waals surface area contributed by atoms with E-state index in [1.54, 1.807) is 0 Å². The summed E-state index contributed by atoms with van der Waals surface area (Å²) in [7, 11) is 0. The molecule has 0 amide bonds. The quantitative estimate of drug-likeness (QED) is 0.0986. The van der Waals surface area contributed by atoms with Gasteiger partial charge in [-0.3, -0.25) is 0 Å². The van der Waals surface area contributed by atoms with Crippen molar-refractivity contribution < 1.29 is 9.47 Å². The summed E-state index contributed by atoms with van der Waals surface area (Å²) in [6.45, 7) is 13.5. The van der Waals surface area contributed by atoms with E-state index in [1.165, 1.54) is 94.6 Å². The van der Waals surface area contributed by atoms with Gasteiger partial charge in [-0.2, -0.15) is 0 Å². The first-order valence-electron chi connectivity index (χ1n) is 23.2. The molecule has 0 saturated heterocycles. The maximum absolute atomic E-state index is 6.31. The smallest absolute Gasteiger partial charge is 0.119 e. The van der Waals surface area contributed by atoms with Crippen LogP contribution in [-0.4, -0.2) is 0 Å². The van der Waals surface area contributed by atoms with Gasteiger partial charge in [0.05, 0.1) is 0 Å². The average molecular weight is 783 g/mol. The van der Waals surface area contributed by atoms with Gasteiger partial charge in [0.15, 0.2) is 0 Å². The minimum Gasteiger partial charge on any atom is -0.489 e. The van der Waals surface area contributed by atoms with Crippen LogP contribution in [0.25, 0.3) is 0 Å². The fraction of sp³-hybridized carbons (Fsp3) is 0.556. The summed E-state index contributed by atoms with van der Waals surface area (Å²) < 4.78 is 12.6. The number of hydrogen-bond acceptors (Lipinski definition) is 4. The summed E-state index contributed by atoms with van der Waals surface area (Å²) in [4.78, 5) is 0. The Bertz CT molecular complexity index is 1760. The summed E-state index contributed by atoms with van der Waals surface area (Å²) in [6, 6.07) is 34.3. The highest BCUT2D eigenvalue weighted by atomic mass is 16.5. The summed E-state index contributed by atoms with van der Waals surface area (Å²) in [5, 5.41) is 0. The zero-order chi connectivity index (χ0) is 40.7. The highest BCUT2D eigenvalue weighted by molar-refractivity contribution is 5.45. The molecule has 4 aromatic carbocycles. The average Bonchev–Trinajstić information content (AvgIpc) is 3.59. The van der Waals surface area contributed by atoms with Crippen LogP contribution in [0.3, 0.4) is 0 Å². The maximum atomic E-state index is 6.31. The molecule has 4 nitrogen and oxygen atoms in total. The lowest BCUT2D eigenvalue weighted by molar-refractivity contribution is -0.0339. The van der Waals surface area contributed by atoms with Crippen LogP contribution in [0.1, 0.15) is 147 Å². The highest BCUT2D eigenvalue weighted by Gasteiger charge is 2.55. The molecule has 7 rings (SSSR count). The van der Waals surface area contributed by atoms with Gasteiger partial charge >= 0.3 is 0 Å². The largest absolute Gasteiger partial charge is 0.489 e. The van der Waals surface area contributed by atoms with Crippen LogP contribution in [-0.2, 0) is 18.6 Å². The van der Waals surface area contributed by atoms with Gasteiger partial charge in [-0.05, 0) is 169 Å². The Labute approximate surface area is 351 Å². The number of ether oxygens (including phenoxy) is 2. The van der Waals surface area contributed by atoms with E-state index in [4.69, 9.17) is 20.9 Å². The predicted octanol–water partition coefficient (Wildman–Crippen LogP) is 14.2. The van der Waals surface area contributed by atoms with Gasteiger partial charge in [0.2, 0.25) is 0 Å². The molecule has 3 aliphatic carbocycles. The van der Waals surface area contributed by atoms with Crippen molar-refractivity contribution >= 4 is 11.4 Å². The molecule has 7 atom stereocenters. The molecule has 312 valence electrons. The van der Waals surface area contributed by atoms with Gasteiger partial charge < -0.3 is 20.9 Å². The standard InChI is InChI=1S/C54H74N2O2/c1-6-7-32-54(44-16-24-48(25-17-44)57-36-40-11-20-46(55)21-12-40,45-18-26-49(27-19-45)58-37-41-13-22-47(56)23-14-41)35-42-15-28-50-43(34-42)31-33-53(5)51(29-30-52(50)53)39(4)10-8-9-38(2)3/h11-14,16-27,38-39,42-43,50-52H,6-10,15,28-37,55-56H2,1-5H3. The van der Waals surface area contributed by atoms with Crippen molar-refractivity contribution in [2.45, 2.75) is 143 Å². The molecule has 4 N–H and O–H groups in total. The molecule has 0 radical (unpaired) electrons. The van der Waals surface area contributed by atoms with E-state index in [0.717, 1.165) is 81.8 Å². The predicted molar refractivity (Wildman–Crippen MR) is 244 cm³/mol. The normalized spacial score (nSPS) is 24.9. The van der Waals surface area contributed by atoms with E-state index in [2.05, 4.69) is 83.1 Å². The van der Waals surface area contributed by atoms with Gasteiger partial charge in [0, 0.05) is 16.8 Å². The lowest BCUT2D eigenvalue weighted by atomic mass is 9.52. The molecular weight excluding hydrogens is 709 g/mol. The Kier molecular flexibility index (Phi) is 13.8. The van der Waals surface area contributed by atoms with Crippen LogP contribution in [0.15, 0.2) is 97.1 Å². The van der Waals surface area contributed by atoms with Gasteiger partial charge in [-0.25, -0.2) is 0 Å². The number of unbranched alkanes of at least 4 members (excludes halogenated alkanes) is 1. The summed E-state index contributed by atoms with van der Waals surface area (Å²) in [5.41, 5.74) is 19.0. The lowest BCUT2D eigenvalue weighted by Gasteiger charge is -2.53. The van der Waals surface area contributed by atoms with Crippen molar-refractivity contribution in [3.05, 3.63) is 119 Å². The van der Waals surface area contributed by atoms with Crippen LogP contribution in [0.5, 0.6) is 11.5 Å². The molecule has 0 heterocycles. The van der Waals surface area contributed by atoms with E-state index < -0.39 is 0 Å². The number of benzene rings is 4. The number of anilines is 2. The van der Waals surface area contributed by atoms with Crippen molar-refractivity contribution in [3.63, 3.8) is 0 Å². The zero-order valence-corrected chi connectivity index (χ0v) is 36.6. The van der Waals surface area contributed by atoms with Crippen LogP contribution < -0.4 is 20.9 Å². The van der Waals surface area contributed by atoms with E-state index in [9.17, 15) is 0 Å². The Balaban J connectivity index is 1.10. The first kappa shape index (κ1) is 42.2. The molecule has 4 heteroatoms. The van der Waals surface area contributed by atoms with E-state index in [0.29, 0.717) is 18.6 Å². The number of nitrogens with two attached hydrogens (primary N) is 2. The van der Waals surface area contributed by atoms with Crippen LogP contribution >= 0.6 is 0 Å². The third-order valence-electron chi connectivity index (χ3n) is 15.5. The van der Waals surface area contributed by atoms with Crippen molar-refractivity contribution in [1.82, 2.24) is 0 Å². The van der Waals surface area contributed by atoms with Crippen LogP contribution in [0, 0.1) is 46.8 Å². The summed E-state index contributed by atoms with van der Waals surface area (Å²) in [6.07, 6.45) is 18.9. The molecule has 0 bridgehead atoms. The molecule has 0 aromatic heterocycles. The number of fused-ring (bicyclic) bond motifs is 3.